The molecule has 0 aliphatic carbocycles. The highest BCUT2D eigenvalue weighted by Gasteiger charge is 2.10. The first-order chi connectivity index (χ1) is 8.18. The SMILES string of the molecule is Cn1nccc1CCNC(=O)c1sccc1Br. The van der Waals surface area contributed by atoms with Gasteiger partial charge in [-0.05, 0) is 33.4 Å². The smallest absolute Gasteiger partial charge is 0.262 e. The van der Waals surface area contributed by atoms with Gasteiger partial charge in [0.2, 0.25) is 0 Å². The summed E-state index contributed by atoms with van der Waals surface area (Å²) in [7, 11) is 1.90. The summed E-state index contributed by atoms with van der Waals surface area (Å²) in [6, 6.07) is 3.83. The number of thiophene rings is 1. The second-order valence-electron chi connectivity index (χ2n) is 3.55. The van der Waals surface area contributed by atoms with Crippen LogP contribution in [0.2, 0.25) is 0 Å². The Morgan fingerprint density at radius 3 is 3.00 bits per heavy atom. The van der Waals surface area contributed by atoms with Crippen LogP contribution in [-0.4, -0.2) is 22.2 Å². The summed E-state index contributed by atoms with van der Waals surface area (Å²) in [5, 5.41) is 8.86. The van der Waals surface area contributed by atoms with Crippen LogP contribution in [0, 0.1) is 0 Å². The van der Waals surface area contributed by atoms with Crippen molar-refractivity contribution in [2.45, 2.75) is 6.42 Å². The standard InChI is InChI=1S/C11H12BrN3OS/c1-15-8(3-6-14-15)2-5-13-11(16)10-9(12)4-7-17-10/h3-4,6-7H,2,5H2,1H3,(H,13,16). The molecule has 4 nitrogen and oxygen atoms in total. The average molecular weight is 314 g/mol. The van der Waals surface area contributed by atoms with Crippen molar-refractivity contribution in [3.05, 3.63) is 38.8 Å². The van der Waals surface area contributed by atoms with Crippen molar-refractivity contribution in [3.63, 3.8) is 0 Å². The van der Waals surface area contributed by atoms with Crippen LogP contribution in [0.1, 0.15) is 15.4 Å². The molecular formula is C11H12BrN3OS. The zero-order valence-corrected chi connectivity index (χ0v) is 11.7. The monoisotopic (exact) mass is 313 g/mol. The molecule has 2 aromatic heterocycles. The second-order valence-corrected chi connectivity index (χ2v) is 5.32. The number of hydrogen-bond acceptors (Lipinski definition) is 3. The number of aryl methyl sites for hydroxylation is 1. The van der Waals surface area contributed by atoms with Crippen LogP contribution < -0.4 is 5.32 Å². The Morgan fingerprint density at radius 2 is 2.41 bits per heavy atom. The van der Waals surface area contributed by atoms with Crippen molar-refractivity contribution in [3.8, 4) is 0 Å². The number of nitrogens with zero attached hydrogens (tertiary/aromatic N) is 2. The van der Waals surface area contributed by atoms with Gasteiger partial charge >= 0.3 is 0 Å². The normalized spacial score (nSPS) is 10.5. The zero-order valence-electron chi connectivity index (χ0n) is 9.31. The van der Waals surface area contributed by atoms with Gasteiger partial charge in [-0.2, -0.15) is 5.10 Å². The molecule has 1 amide bonds. The molecule has 2 rings (SSSR count). The maximum Gasteiger partial charge on any atom is 0.262 e. The van der Waals surface area contributed by atoms with E-state index < -0.39 is 0 Å². The van der Waals surface area contributed by atoms with Crippen molar-refractivity contribution < 1.29 is 4.79 Å². The van der Waals surface area contributed by atoms with Gasteiger partial charge in [0.05, 0.1) is 0 Å². The number of hydrogen-bond donors (Lipinski definition) is 1. The third-order valence-electron chi connectivity index (χ3n) is 2.41. The Balaban J connectivity index is 1.86. The van der Waals surface area contributed by atoms with E-state index in [-0.39, 0.29) is 5.91 Å². The number of carbonyl (C=O) groups is 1. The molecule has 0 unspecified atom stereocenters. The Morgan fingerprint density at radius 1 is 1.59 bits per heavy atom. The van der Waals surface area contributed by atoms with E-state index in [1.807, 2.05) is 29.2 Å². The molecule has 6 heteroatoms. The number of halogens is 1. The van der Waals surface area contributed by atoms with Gasteiger partial charge in [0, 0.05) is 36.4 Å². The molecular weight excluding hydrogens is 302 g/mol. The minimum Gasteiger partial charge on any atom is -0.351 e. The average Bonchev–Trinajstić information content (AvgIpc) is 2.88. The summed E-state index contributed by atoms with van der Waals surface area (Å²) in [6.45, 7) is 0.614. The van der Waals surface area contributed by atoms with Crippen LogP contribution in [-0.2, 0) is 13.5 Å². The van der Waals surface area contributed by atoms with E-state index in [1.165, 1.54) is 11.3 Å². The molecule has 90 valence electrons. The molecule has 0 radical (unpaired) electrons. The summed E-state index contributed by atoms with van der Waals surface area (Å²) >= 11 is 4.78. The molecule has 0 aliphatic heterocycles. The van der Waals surface area contributed by atoms with Crippen LogP contribution >= 0.6 is 27.3 Å². The van der Waals surface area contributed by atoms with E-state index in [9.17, 15) is 4.79 Å². The third-order valence-corrected chi connectivity index (χ3v) is 4.25. The zero-order chi connectivity index (χ0) is 12.3. The number of aromatic nitrogens is 2. The molecule has 0 spiro atoms. The summed E-state index contributed by atoms with van der Waals surface area (Å²) in [6.07, 6.45) is 2.54. The van der Waals surface area contributed by atoms with Gasteiger partial charge in [0.25, 0.3) is 5.91 Å². The van der Waals surface area contributed by atoms with Gasteiger partial charge in [-0.15, -0.1) is 11.3 Å². The van der Waals surface area contributed by atoms with Crippen LogP contribution in [0.5, 0.6) is 0 Å². The van der Waals surface area contributed by atoms with Crippen molar-refractivity contribution in [1.82, 2.24) is 15.1 Å². The highest BCUT2D eigenvalue weighted by atomic mass is 79.9. The maximum absolute atomic E-state index is 11.8. The largest absolute Gasteiger partial charge is 0.351 e. The Hall–Kier alpha value is -1.14. The summed E-state index contributed by atoms with van der Waals surface area (Å²) in [5.74, 6) is -0.0333. The van der Waals surface area contributed by atoms with Crippen LogP contribution in [0.4, 0.5) is 0 Å². The summed E-state index contributed by atoms with van der Waals surface area (Å²) in [5.41, 5.74) is 1.11. The van der Waals surface area contributed by atoms with Gasteiger partial charge in [0.15, 0.2) is 0 Å². The molecule has 0 saturated carbocycles. The number of carbonyl (C=O) groups excluding carboxylic acids is 1. The molecule has 0 aliphatic rings. The van der Waals surface area contributed by atoms with Gasteiger partial charge in [0.1, 0.15) is 4.88 Å². The lowest BCUT2D eigenvalue weighted by Gasteiger charge is -2.04. The van der Waals surface area contributed by atoms with E-state index in [2.05, 4.69) is 26.3 Å². The second kappa shape index (κ2) is 5.46. The summed E-state index contributed by atoms with van der Waals surface area (Å²) in [4.78, 5) is 12.5. The Bertz CT molecular complexity index is 520. The number of nitrogens with one attached hydrogen (secondary N) is 1. The van der Waals surface area contributed by atoms with E-state index in [1.54, 1.807) is 6.20 Å². The molecule has 2 heterocycles. The van der Waals surface area contributed by atoms with Gasteiger partial charge in [-0.1, -0.05) is 0 Å². The molecule has 0 saturated heterocycles. The van der Waals surface area contributed by atoms with Crippen LogP contribution in [0.3, 0.4) is 0 Å². The number of amides is 1. The fourth-order valence-electron chi connectivity index (χ4n) is 1.49. The fraction of sp³-hybridized carbons (Fsp3) is 0.273. The molecule has 17 heavy (non-hydrogen) atoms. The molecule has 0 aromatic carbocycles. The lowest BCUT2D eigenvalue weighted by Crippen LogP contribution is -2.25. The summed E-state index contributed by atoms with van der Waals surface area (Å²) < 4.78 is 2.66. The van der Waals surface area contributed by atoms with Gasteiger partial charge < -0.3 is 5.32 Å². The first-order valence-electron chi connectivity index (χ1n) is 5.16. The van der Waals surface area contributed by atoms with Crippen molar-refractivity contribution >= 4 is 33.2 Å². The molecule has 1 N–H and O–H groups in total. The van der Waals surface area contributed by atoms with E-state index >= 15 is 0 Å². The van der Waals surface area contributed by atoms with E-state index in [4.69, 9.17) is 0 Å². The molecule has 2 aromatic rings. The topological polar surface area (TPSA) is 46.9 Å². The Labute approximate surface area is 112 Å². The van der Waals surface area contributed by atoms with Gasteiger partial charge in [-0.25, -0.2) is 0 Å². The molecule has 0 fully saturated rings. The van der Waals surface area contributed by atoms with Gasteiger partial charge in [-0.3, -0.25) is 9.48 Å². The van der Waals surface area contributed by atoms with Crippen LogP contribution in [0.15, 0.2) is 28.2 Å². The number of rotatable bonds is 4. The van der Waals surface area contributed by atoms with E-state index in [0.717, 1.165) is 21.5 Å². The quantitative estimate of drug-likeness (QED) is 0.940. The minimum absolute atomic E-state index is 0.0333. The highest BCUT2D eigenvalue weighted by Crippen LogP contribution is 2.22. The van der Waals surface area contributed by atoms with Crippen LogP contribution in [0.25, 0.3) is 0 Å². The minimum atomic E-state index is -0.0333. The van der Waals surface area contributed by atoms with Crippen molar-refractivity contribution in [2.75, 3.05) is 6.54 Å². The molecule has 0 atom stereocenters. The van der Waals surface area contributed by atoms with Crippen molar-refractivity contribution in [2.24, 2.45) is 7.05 Å². The van der Waals surface area contributed by atoms with Crippen molar-refractivity contribution in [1.29, 1.82) is 0 Å². The highest BCUT2D eigenvalue weighted by molar-refractivity contribution is 9.10. The maximum atomic E-state index is 11.8. The fourth-order valence-corrected chi connectivity index (χ4v) is 2.95. The Kier molecular flexibility index (Phi) is 3.96. The lowest BCUT2D eigenvalue weighted by molar-refractivity contribution is 0.0957. The first-order valence-corrected chi connectivity index (χ1v) is 6.84. The molecule has 0 bridgehead atoms. The first kappa shape index (κ1) is 12.3. The third kappa shape index (κ3) is 2.95. The predicted molar refractivity (Wildman–Crippen MR) is 71.3 cm³/mol. The van der Waals surface area contributed by atoms with E-state index in [0.29, 0.717) is 6.54 Å². The predicted octanol–water partition coefficient (Wildman–Crippen LogP) is 2.22. The lowest BCUT2D eigenvalue weighted by atomic mass is 10.3.